The molecule has 0 bridgehead atoms. The first-order valence-electron chi connectivity index (χ1n) is 10.5. The second-order valence-corrected chi connectivity index (χ2v) is 7.00. The van der Waals surface area contributed by atoms with E-state index in [9.17, 15) is 0 Å². The molecule has 0 aliphatic heterocycles. The maximum atomic E-state index is 5.92. The second kappa shape index (κ2) is 13.5. The molecule has 0 radical (unpaired) electrons. The highest BCUT2D eigenvalue weighted by molar-refractivity contribution is 14.0. The third kappa shape index (κ3) is 7.24. The van der Waals surface area contributed by atoms with Gasteiger partial charge in [0.05, 0.1) is 14.2 Å². The highest BCUT2D eigenvalue weighted by Crippen LogP contribution is 2.39. The number of aryl methyl sites for hydroxylation is 1. The lowest BCUT2D eigenvalue weighted by Crippen LogP contribution is -2.36. The van der Waals surface area contributed by atoms with Gasteiger partial charge in [0.15, 0.2) is 17.5 Å². The summed E-state index contributed by atoms with van der Waals surface area (Å²) in [6.07, 6.45) is 2.77. The molecule has 8 heteroatoms. The molecule has 0 aliphatic carbocycles. The molecule has 7 nitrogen and oxygen atoms in total. The van der Waals surface area contributed by atoms with Crippen LogP contribution in [-0.4, -0.2) is 32.2 Å². The Hall–Kier alpha value is -3.01. The van der Waals surface area contributed by atoms with E-state index in [0.29, 0.717) is 29.7 Å². The van der Waals surface area contributed by atoms with Crippen LogP contribution in [0.1, 0.15) is 23.6 Å². The fourth-order valence-corrected chi connectivity index (χ4v) is 3.26. The zero-order valence-corrected chi connectivity index (χ0v) is 21.8. The highest BCUT2D eigenvalue weighted by atomic mass is 127. The number of halogens is 1. The Morgan fingerprint density at radius 1 is 0.879 bits per heavy atom. The lowest BCUT2D eigenvalue weighted by molar-refractivity contribution is 0.342. The third-order valence-corrected chi connectivity index (χ3v) is 5.02. The summed E-state index contributed by atoms with van der Waals surface area (Å²) in [5.74, 6) is 2.84. The Morgan fingerprint density at radius 3 is 2.12 bits per heavy atom. The average Bonchev–Trinajstić information content (AvgIpc) is 2.85. The maximum Gasteiger partial charge on any atom is 0.219 e. The van der Waals surface area contributed by atoms with Crippen LogP contribution in [0, 0.1) is 0 Å². The van der Waals surface area contributed by atoms with Crippen molar-refractivity contribution in [2.24, 2.45) is 4.99 Å². The predicted molar refractivity (Wildman–Crippen MR) is 142 cm³/mol. The molecule has 33 heavy (non-hydrogen) atoms. The number of guanidine groups is 1. The van der Waals surface area contributed by atoms with E-state index < -0.39 is 0 Å². The summed E-state index contributed by atoms with van der Waals surface area (Å²) in [7, 11) is 4.94. The molecule has 3 aromatic rings. The molecule has 0 unspecified atom stereocenters. The number of aromatic nitrogens is 1. The molecule has 0 amide bonds. The van der Waals surface area contributed by atoms with Gasteiger partial charge in [-0.2, -0.15) is 0 Å². The summed E-state index contributed by atoms with van der Waals surface area (Å²) in [4.78, 5) is 8.72. The highest BCUT2D eigenvalue weighted by Gasteiger charge is 2.13. The fourth-order valence-electron chi connectivity index (χ4n) is 3.26. The second-order valence-electron chi connectivity index (χ2n) is 7.00. The molecule has 3 rings (SSSR count). The summed E-state index contributed by atoms with van der Waals surface area (Å²) in [5, 5.41) is 6.68. The number of para-hydroxylation sites is 1. The van der Waals surface area contributed by atoms with E-state index in [0.717, 1.165) is 24.5 Å². The number of ether oxygens (including phenoxy) is 3. The molecular weight excluding hydrogens is 531 g/mol. The van der Waals surface area contributed by atoms with Gasteiger partial charge in [0.25, 0.3) is 0 Å². The van der Waals surface area contributed by atoms with Crippen LogP contribution in [0.2, 0.25) is 0 Å². The molecule has 176 valence electrons. The van der Waals surface area contributed by atoms with Gasteiger partial charge in [0.2, 0.25) is 11.6 Å². The van der Waals surface area contributed by atoms with Gasteiger partial charge in [-0.1, -0.05) is 43.3 Å². The topological polar surface area (TPSA) is 77.0 Å². The number of aliphatic imine (C=N–C) groups is 1. The van der Waals surface area contributed by atoms with Gasteiger partial charge in [-0.3, -0.25) is 4.99 Å². The van der Waals surface area contributed by atoms with Crippen LogP contribution in [0.15, 0.2) is 65.8 Å². The van der Waals surface area contributed by atoms with Crippen molar-refractivity contribution in [3.63, 3.8) is 0 Å². The summed E-state index contributed by atoms with van der Waals surface area (Å²) in [6.45, 7) is 3.46. The number of hydrogen-bond donors (Lipinski definition) is 2. The molecule has 0 spiro atoms. The van der Waals surface area contributed by atoms with E-state index in [1.54, 1.807) is 27.5 Å². The van der Waals surface area contributed by atoms with Crippen molar-refractivity contribution in [2.75, 3.05) is 21.3 Å². The van der Waals surface area contributed by atoms with E-state index in [-0.39, 0.29) is 24.0 Å². The summed E-state index contributed by atoms with van der Waals surface area (Å²) in [5.41, 5.74) is 3.61. The number of benzene rings is 2. The largest absolute Gasteiger partial charge is 0.493 e. The van der Waals surface area contributed by atoms with Crippen molar-refractivity contribution >= 4 is 29.9 Å². The standard InChI is InChI=1S/C25H30N4O3.HI/c1-5-19-9-6-7-10-20(19)17-29-25(26-2)28-16-18-13-14-23(27-15-18)32-24-21(30-3)11-8-12-22(24)31-4;/h6-15H,5,16-17H2,1-4H3,(H2,26,28,29);1H. The van der Waals surface area contributed by atoms with E-state index >= 15 is 0 Å². The van der Waals surface area contributed by atoms with Crippen molar-refractivity contribution < 1.29 is 14.2 Å². The molecular formula is C25H31IN4O3. The summed E-state index contributed by atoms with van der Waals surface area (Å²) in [6, 6.07) is 17.7. The van der Waals surface area contributed by atoms with Crippen molar-refractivity contribution in [3.8, 4) is 23.1 Å². The summed E-state index contributed by atoms with van der Waals surface area (Å²) < 4.78 is 16.7. The van der Waals surface area contributed by atoms with E-state index in [1.807, 2.05) is 30.3 Å². The van der Waals surface area contributed by atoms with Gasteiger partial charge in [-0.15, -0.1) is 24.0 Å². The molecule has 1 aromatic heterocycles. The van der Waals surface area contributed by atoms with Crippen LogP contribution in [0.4, 0.5) is 0 Å². The van der Waals surface area contributed by atoms with Crippen molar-refractivity contribution in [1.29, 1.82) is 0 Å². The van der Waals surface area contributed by atoms with Crippen LogP contribution in [0.3, 0.4) is 0 Å². The number of nitrogens with one attached hydrogen (secondary N) is 2. The molecule has 1 heterocycles. The molecule has 0 saturated heterocycles. The number of nitrogens with zero attached hydrogens (tertiary/aromatic N) is 2. The Balaban J connectivity index is 0.00000385. The van der Waals surface area contributed by atoms with Crippen LogP contribution < -0.4 is 24.8 Å². The van der Waals surface area contributed by atoms with Crippen LogP contribution in [0.25, 0.3) is 0 Å². The quantitative estimate of drug-likeness (QED) is 0.219. The monoisotopic (exact) mass is 562 g/mol. The number of rotatable bonds is 9. The van der Waals surface area contributed by atoms with Crippen molar-refractivity contribution in [3.05, 3.63) is 77.5 Å². The molecule has 0 saturated carbocycles. The predicted octanol–water partition coefficient (Wildman–Crippen LogP) is 4.94. The van der Waals surface area contributed by atoms with Crippen molar-refractivity contribution in [2.45, 2.75) is 26.4 Å². The zero-order valence-electron chi connectivity index (χ0n) is 19.4. The first kappa shape index (κ1) is 26.2. The van der Waals surface area contributed by atoms with Gasteiger partial charge in [0.1, 0.15) is 0 Å². The minimum absolute atomic E-state index is 0. The van der Waals surface area contributed by atoms with Gasteiger partial charge < -0.3 is 24.8 Å². The molecule has 0 aliphatic rings. The van der Waals surface area contributed by atoms with Gasteiger partial charge in [0, 0.05) is 32.4 Å². The fraction of sp³-hybridized carbons (Fsp3) is 0.280. The Labute approximate surface area is 212 Å². The zero-order chi connectivity index (χ0) is 22.8. The summed E-state index contributed by atoms with van der Waals surface area (Å²) >= 11 is 0. The first-order chi connectivity index (χ1) is 15.7. The average molecular weight is 562 g/mol. The molecule has 0 atom stereocenters. The van der Waals surface area contributed by atoms with Gasteiger partial charge >= 0.3 is 0 Å². The Kier molecular flexibility index (Phi) is 10.8. The van der Waals surface area contributed by atoms with E-state index in [1.165, 1.54) is 11.1 Å². The molecule has 0 fully saturated rings. The van der Waals surface area contributed by atoms with Crippen molar-refractivity contribution in [1.82, 2.24) is 15.6 Å². The maximum absolute atomic E-state index is 5.92. The molecule has 2 aromatic carbocycles. The lowest BCUT2D eigenvalue weighted by Gasteiger charge is -2.14. The SMILES string of the molecule is CCc1ccccc1CNC(=NC)NCc1ccc(Oc2c(OC)cccc2OC)nc1.I. The van der Waals surface area contributed by atoms with Gasteiger partial charge in [-0.25, -0.2) is 4.98 Å². The Morgan fingerprint density at radius 2 is 1.55 bits per heavy atom. The minimum Gasteiger partial charge on any atom is -0.493 e. The molecule has 2 N–H and O–H groups in total. The van der Waals surface area contributed by atoms with E-state index in [4.69, 9.17) is 14.2 Å². The van der Waals surface area contributed by atoms with Crippen LogP contribution in [0.5, 0.6) is 23.1 Å². The number of methoxy groups -OCH3 is 2. The van der Waals surface area contributed by atoms with Crippen LogP contribution >= 0.6 is 24.0 Å². The first-order valence-corrected chi connectivity index (χ1v) is 10.5. The van der Waals surface area contributed by atoms with E-state index in [2.05, 4.69) is 51.8 Å². The lowest BCUT2D eigenvalue weighted by atomic mass is 10.1. The minimum atomic E-state index is 0. The smallest absolute Gasteiger partial charge is 0.219 e. The number of pyridine rings is 1. The number of hydrogen-bond acceptors (Lipinski definition) is 5. The normalized spacial score (nSPS) is 10.7. The van der Waals surface area contributed by atoms with Gasteiger partial charge in [-0.05, 0) is 35.2 Å². The van der Waals surface area contributed by atoms with Crippen LogP contribution in [-0.2, 0) is 19.5 Å². The third-order valence-electron chi connectivity index (χ3n) is 5.02. The Bertz CT molecular complexity index is 1020.